The number of hydrogen-bond acceptors (Lipinski definition) is 3. The van der Waals surface area contributed by atoms with E-state index in [4.69, 9.17) is 5.11 Å². The van der Waals surface area contributed by atoms with E-state index in [1.807, 2.05) is 0 Å². The summed E-state index contributed by atoms with van der Waals surface area (Å²) >= 11 is 0. The van der Waals surface area contributed by atoms with E-state index in [1.165, 1.54) is 45.2 Å². The van der Waals surface area contributed by atoms with Gasteiger partial charge in [-0.1, -0.05) is 20.8 Å². The SMILES string of the molecule is CCNCC(CC)(CC)CN1CCCC1CCCO. The lowest BCUT2D eigenvalue weighted by atomic mass is 9.81. The Morgan fingerprint density at radius 2 is 2.00 bits per heavy atom. The zero-order valence-electron chi connectivity index (χ0n) is 13.2. The Hall–Kier alpha value is -0.120. The Balaban J connectivity index is 2.56. The van der Waals surface area contributed by atoms with Crippen molar-refractivity contribution in [2.24, 2.45) is 5.41 Å². The quantitative estimate of drug-likeness (QED) is 0.640. The Labute approximate surface area is 119 Å². The third-order valence-corrected chi connectivity index (χ3v) is 4.98. The molecule has 2 N–H and O–H groups in total. The summed E-state index contributed by atoms with van der Waals surface area (Å²) in [5.74, 6) is 0. The van der Waals surface area contributed by atoms with Gasteiger partial charge >= 0.3 is 0 Å². The lowest BCUT2D eigenvalue weighted by Gasteiger charge is -2.38. The monoisotopic (exact) mass is 270 g/mol. The van der Waals surface area contributed by atoms with Crippen molar-refractivity contribution in [1.29, 1.82) is 0 Å². The fourth-order valence-electron chi connectivity index (χ4n) is 3.36. The van der Waals surface area contributed by atoms with Gasteiger partial charge in [0.2, 0.25) is 0 Å². The molecule has 1 atom stereocenters. The van der Waals surface area contributed by atoms with Gasteiger partial charge in [-0.3, -0.25) is 4.90 Å². The number of nitrogens with zero attached hydrogens (tertiary/aromatic N) is 1. The van der Waals surface area contributed by atoms with E-state index in [-0.39, 0.29) is 0 Å². The van der Waals surface area contributed by atoms with Crippen molar-refractivity contribution >= 4 is 0 Å². The highest BCUT2D eigenvalue weighted by molar-refractivity contribution is 4.88. The van der Waals surface area contributed by atoms with Crippen LogP contribution in [0.3, 0.4) is 0 Å². The Bertz CT molecular complexity index is 229. The van der Waals surface area contributed by atoms with Crippen LogP contribution < -0.4 is 5.32 Å². The molecule has 114 valence electrons. The predicted molar refractivity (Wildman–Crippen MR) is 82.5 cm³/mol. The standard InChI is InChI=1S/C16H34N2O/c1-4-16(5-2,13-17-6-3)14-18-11-7-9-15(18)10-8-12-19/h15,17,19H,4-14H2,1-3H3. The number of rotatable bonds is 10. The molecule has 1 aliphatic rings. The van der Waals surface area contributed by atoms with E-state index < -0.39 is 0 Å². The van der Waals surface area contributed by atoms with Crippen LogP contribution in [0.25, 0.3) is 0 Å². The van der Waals surface area contributed by atoms with Gasteiger partial charge in [0.05, 0.1) is 0 Å². The van der Waals surface area contributed by atoms with Crippen LogP contribution in [0.5, 0.6) is 0 Å². The largest absolute Gasteiger partial charge is 0.396 e. The maximum absolute atomic E-state index is 9.03. The second kappa shape index (κ2) is 8.93. The molecule has 1 aliphatic heterocycles. The van der Waals surface area contributed by atoms with E-state index in [1.54, 1.807) is 0 Å². The van der Waals surface area contributed by atoms with Gasteiger partial charge in [0.1, 0.15) is 0 Å². The molecule has 0 amide bonds. The first-order chi connectivity index (χ1) is 9.21. The van der Waals surface area contributed by atoms with Crippen molar-refractivity contribution in [2.45, 2.75) is 65.3 Å². The first kappa shape index (κ1) is 16.9. The number of likely N-dealkylation sites (tertiary alicyclic amines) is 1. The lowest BCUT2D eigenvalue weighted by Crippen LogP contribution is -2.45. The average molecular weight is 270 g/mol. The summed E-state index contributed by atoms with van der Waals surface area (Å²) in [5, 5.41) is 12.6. The van der Waals surface area contributed by atoms with Crippen molar-refractivity contribution < 1.29 is 5.11 Å². The fourth-order valence-corrected chi connectivity index (χ4v) is 3.36. The summed E-state index contributed by atoms with van der Waals surface area (Å²) in [6, 6.07) is 0.714. The number of nitrogens with one attached hydrogen (secondary N) is 1. The van der Waals surface area contributed by atoms with Gasteiger partial charge in [0.15, 0.2) is 0 Å². The molecule has 0 spiro atoms. The predicted octanol–water partition coefficient (Wildman–Crippen LogP) is 2.64. The summed E-state index contributed by atoms with van der Waals surface area (Å²) in [6.45, 7) is 11.9. The molecule has 0 aromatic carbocycles. The van der Waals surface area contributed by atoms with Crippen molar-refractivity contribution in [3.8, 4) is 0 Å². The molecule has 1 heterocycles. The molecule has 0 bridgehead atoms. The fraction of sp³-hybridized carbons (Fsp3) is 1.00. The minimum atomic E-state index is 0.342. The third-order valence-electron chi connectivity index (χ3n) is 4.98. The highest BCUT2D eigenvalue weighted by Crippen LogP contribution is 2.31. The second-order valence-electron chi connectivity index (χ2n) is 6.12. The zero-order valence-corrected chi connectivity index (χ0v) is 13.2. The van der Waals surface area contributed by atoms with Gasteiger partial charge in [-0.15, -0.1) is 0 Å². The van der Waals surface area contributed by atoms with Crippen molar-refractivity contribution in [2.75, 3.05) is 32.8 Å². The zero-order chi connectivity index (χ0) is 14.1. The lowest BCUT2D eigenvalue weighted by molar-refractivity contribution is 0.117. The minimum Gasteiger partial charge on any atom is -0.396 e. The van der Waals surface area contributed by atoms with Gasteiger partial charge in [-0.05, 0) is 57.0 Å². The van der Waals surface area contributed by atoms with E-state index >= 15 is 0 Å². The normalized spacial score (nSPS) is 21.2. The molecule has 1 unspecified atom stereocenters. The Morgan fingerprint density at radius 1 is 1.26 bits per heavy atom. The van der Waals surface area contributed by atoms with E-state index in [2.05, 4.69) is 31.0 Å². The molecular formula is C16H34N2O. The second-order valence-corrected chi connectivity index (χ2v) is 6.12. The molecule has 0 aromatic heterocycles. The molecular weight excluding hydrogens is 236 g/mol. The summed E-state index contributed by atoms with van der Waals surface area (Å²) in [5.41, 5.74) is 0.428. The first-order valence-electron chi connectivity index (χ1n) is 8.27. The van der Waals surface area contributed by atoms with Gasteiger partial charge in [-0.25, -0.2) is 0 Å². The Morgan fingerprint density at radius 3 is 2.58 bits per heavy atom. The van der Waals surface area contributed by atoms with Crippen LogP contribution in [-0.2, 0) is 0 Å². The maximum atomic E-state index is 9.03. The van der Waals surface area contributed by atoms with Crippen LogP contribution in [-0.4, -0.2) is 48.8 Å². The van der Waals surface area contributed by atoms with Crippen molar-refractivity contribution in [3.05, 3.63) is 0 Å². The third kappa shape index (κ3) is 5.05. The summed E-state index contributed by atoms with van der Waals surface area (Å²) in [6.07, 6.45) is 7.28. The van der Waals surface area contributed by atoms with Gasteiger partial charge in [0.25, 0.3) is 0 Å². The molecule has 1 saturated heterocycles. The van der Waals surface area contributed by atoms with Crippen LogP contribution in [0.4, 0.5) is 0 Å². The highest BCUT2D eigenvalue weighted by Gasteiger charge is 2.33. The van der Waals surface area contributed by atoms with Crippen LogP contribution in [0.15, 0.2) is 0 Å². The molecule has 3 heteroatoms. The highest BCUT2D eigenvalue weighted by atomic mass is 16.2. The first-order valence-corrected chi connectivity index (χ1v) is 8.27. The topological polar surface area (TPSA) is 35.5 Å². The summed E-state index contributed by atoms with van der Waals surface area (Å²) in [7, 11) is 0. The molecule has 19 heavy (non-hydrogen) atoms. The number of aliphatic hydroxyl groups excluding tert-OH is 1. The smallest absolute Gasteiger partial charge is 0.0431 e. The van der Waals surface area contributed by atoms with Gasteiger partial charge < -0.3 is 10.4 Å². The molecule has 0 saturated carbocycles. The van der Waals surface area contributed by atoms with E-state index in [0.717, 1.165) is 19.5 Å². The molecule has 0 radical (unpaired) electrons. The van der Waals surface area contributed by atoms with Crippen molar-refractivity contribution in [1.82, 2.24) is 10.2 Å². The molecule has 3 nitrogen and oxygen atoms in total. The van der Waals surface area contributed by atoms with Crippen molar-refractivity contribution in [3.63, 3.8) is 0 Å². The molecule has 0 aliphatic carbocycles. The molecule has 0 aromatic rings. The van der Waals surface area contributed by atoms with Gasteiger partial charge in [-0.2, -0.15) is 0 Å². The number of aliphatic hydroxyl groups is 1. The van der Waals surface area contributed by atoms with Crippen LogP contribution in [0, 0.1) is 5.41 Å². The van der Waals surface area contributed by atoms with Crippen LogP contribution in [0.2, 0.25) is 0 Å². The molecule has 1 rings (SSSR count). The number of hydrogen-bond donors (Lipinski definition) is 2. The van der Waals surface area contributed by atoms with Crippen LogP contribution >= 0.6 is 0 Å². The maximum Gasteiger partial charge on any atom is 0.0431 e. The van der Waals surface area contributed by atoms with E-state index in [0.29, 0.717) is 18.1 Å². The Kier molecular flexibility index (Phi) is 7.96. The average Bonchev–Trinajstić information content (AvgIpc) is 2.88. The van der Waals surface area contributed by atoms with E-state index in [9.17, 15) is 0 Å². The van der Waals surface area contributed by atoms with Crippen LogP contribution in [0.1, 0.15) is 59.3 Å². The summed E-state index contributed by atoms with van der Waals surface area (Å²) in [4.78, 5) is 2.69. The van der Waals surface area contributed by atoms with Gasteiger partial charge in [0, 0.05) is 25.7 Å². The molecule has 1 fully saturated rings. The summed E-state index contributed by atoms with van der Waals surface area (Å²) < 4.78 is 0. The minimum absolute atomic E-state index is 0.342.